The number of nitrogens with zero attached hydrogens (tertiary/aromatic N) is 4. The number of benzene rings is 1. The summed E-state index contributed by atoms with van der Waals surface area (Å²) < 4.78 is 0. The van der Waals surface area contributed by atoms with Crippen molar-refractivity contribution in [2.45, 2.75) is 33.2 Å². The molecule has 0 spiro atoms. The molecule has 0 saturated heterocycles. The van der Waals surface area contributed by atoms with Crippen molar-refractivity contribution >= 4 is 22.6 Å². The van der Waals surface area contributed by atoms with Crippen LogP contribution >= 0.6 is 0 Å². The van der Waals surface area contributed by atoms with Gasteiger partial charge in [0.15, 0.2) is 0 Å². The monoisotopic (exact) mass is 428 g/mol. The Bertz CT molecular complexity index is 1130. The smallest absolute Gasteiger partial charge is 0.225 e. The van der Waals surface area contributed by atoms with E-state index in [9.17, 15) is 4.79 Å². The molecule has 0 aliphatic rings. The Balaban J connectivity index is 1.52. The van der Waals surface area contributed by atoms with Crippen LogP contribution in [0.15, 0.2) is 66.8 Å². The summed E-state index contributed by atoms with van der Waals surface area (Å²) in [6.45, 7) is 7.26. The second-order valence-corrected chi connectivity index (χ2v) is 7.46. The molecule has 0 radical (unpaired) electrons. The largest absolute Gasteiger partial charge is 0.331 e. The number of nitrogens with one attached hydrogen (secondary N) is 2. The van der Waals surface area contributed by atoms with Crippen LogP contribution in [0.2, 0.25) is 0 Å². The third-order valence-electron chi connectivity index (χ3n) is 5.29. The third kappa shape index (κ3) is 5.68. The van der Waals surface area contributed by atoms with Crippen LogP contribution in [0.25, 0.3) is 10.9 Å². The number of hydrogen-bond donors (Lipinski definition) is 2. The lowest BCUT2D eigenvalue weighted by atomic mass is 10.0. The van der Waals surface area contributed by atoms with Gasteiger partial charge in [0.25, 0.3) is 0 Å². The Morgan fingerprint density at radius 1 is 1.22 bits per heavy atom. The fourth-order valence-electron chi connectivity index (χ4n) is 3.56. The third-order valence-corrected chi connectivity index (χ3v) is 5.29. The van der Waals surface area contributed by atoms with Crippen LogP contribution in [0.3, 0.4) is 0 Å². The Kier molecular flexibility index (Phi) is 7.90. The summed E-state index contributed by atoms with van der Waals surface area (Å²) >= 11 is 0. The molecule has 2 N–H and O–H groups in total. The van der Waals surface area contributed by atoms with Crippen LogP contribution in [0, 0.1) is 11.3 Å². The Hall–Kier alpha value is -3.76. The van der Waals surface area contributed by atoms with E-state index in [1.54, 1.807) is 30.7 Å². The lowest BCUT2D eigenvalue weighted by Crippen LogP contribution is -2.28. The standard InChI is InChI=1S/C25H28N6O/c1-4-31(24-11-10-20(15-26)17-29-24)18(2)16-30-25(32)12-14-27-19(3)21-7-5-9-23-22(21)8-6-13-28-23/h5-11,13,16-17,19,27H,4,12,14H2,1-3H3,(H,30,32)/b18-16+. The predicted molar refractivity (Wildman–Crippen MR) is 127 cm³/mol. The normalized spacial score (nSPS) is 12.2. The van der Waals surface area contributed by atoms with E-state index in [4.69, 9.17) is 5.26 Å². The summed E-state index contributed by atoms with van der Waals surface area (Å²) in [4.78, 5) is 23.0. The summed E-state index contributed by atoms with van der Waals surface area (Å²) in [5, 5.41) is 16.3. The fourth-order valence-corrected chi connectivity index (χ4v) is 3.56. The summed E-state index contributed by atoms with van der Waals surface area (Å²) in [6, 6.07) is 15.8. The van der Waals surface area contributed by atoms with E-state index in [-0.39, 0.29) is 11.9 Å². The number of anilines is 1. The lowest BCUT2D eigenvalue weighted by molar-refractivity contribution is -0.120. The van der Waals surface area contributed by atoms with Crippen molar-refractivity contribution in [1.82, 2.24) is 20.6 Å². The maximum absolute atomic E-state index is 12.3. The van der Waals surface area contributed by atoms with Crippen molar-refractivity contribution < 1.29 is 4.79 Å². The molecule has 32 heavy (non-hydrogen) atoms. The van der Waals surface area contributed by atoms with Gasteiger partial charge in [-0.15, -0.1) is 0 Å². The number of amides is 1. The van der Waals surface area contributed by atoms with Crippen LogP contribution < -0.4 is 15.5 Å². The zero-order chi connectivity index (χ0) is 22.9. The quantitative estimate of drug-likeness (QED) is 0.534. The van der Waals surface area contributed by atoms with E-state index in [0.717, 1.165) is 22.4 Å². The predicted octanol–water partition coefficient (Wildman–Crippen LogP) is 4.05. The van der Waals surface area contributed by atoms with E-state index >= 15 is 0 Å². The van der Waals surface area contributed by atoms with E-state index in [2.05, 4.69) is 45.7 Å². The first kappa shape index (κ1) is 22.9. The van der Waals surface area contributed by atoms with Gasteiger partial charge in [-0.25, -0.2) is 4.98 Å². The molecular formula is C25H28N6O. The number of nitriles is 1. The van der Waals surface area contributed by atoms with Gasteiger partial charge >= 0.3 is 0 Å². The summed E-state index contributed by atoms with van der Waals surface area (Å²) in [5.41, 5.74) is 3.51. The van der Waals surface area contributed by atoms with Gasteiger partial charge in [0.2, 0.25) is 5.91 Å². The van der Waals surface area contributed by atoms with Crippen molar-refractivity contribution in [2.24, 2.45) is 0 Å². The van der Waals surface area contributed by atoms with Crippen molar-refractivity contribution in [1.29, 1.82) is 5.26 Å². The summed E-state index contributed by atoms with van der Waals surface area (Å²) in [6.07, 6.45) is 5.40. The van der Waals surface area contributed by atoms with Gasteiger partial charge in [-0.05, 0) is 50.6 Å². The Morgan fingerprint density at radius 2 is 2.06 bits per heavy atom. The number of carbonyl (C=O) groups excluding carboxylic acids is 1. The van der Waals surface area contributed by atoms with E-state index in [1.807, 2.05) is 36.9 Å². The number of aromatic nitrogens is 2. The highest BCUT2D eigenvalue weighted by molar-refractivity contribution is 5.82. The van der Waals surface area contributed by atoms with Crippen molar-refractivity contribution in [2.75, 3.05) is 18.0 Å². The average molecular weight is 429 g/mol. The van der Waals surface area contributed by atoms with E-state index < -0.39 is 0 Å². The molecule has 2 heterocycles. The molecule has 1 amide bonds. The molecule has 164 valence electrons. The zero-order valence-electron chi connectivity index (χ0n) is 18.7. The van der Waals surface area contributed by atoms with Crippen molar-refractivity contribution in [3.8, 4) is 6.07 Å². The molecular weight excluding hydrogens is 400 g/mol. The number of pyridine rings is 2. The highest BCUT2D eigenvalue weighted by atomic mass is 16.1. The molecule has 0 saturated carbocycles. The highest BCUT2D eigenvalue weighted by Gasteiger charge is 2.11. The van der Waals surface area contributed by atoms with Gasteiger partial charge in [-0.3, -0.25) is 9.78 Å². The van der Waals surface area contributed by atoms with Crippen molar-refractivity contribution in [3.63, 3.8) is 0 Å². The van der Waals surface area contributed by atoms with Crippen LogP contribution in [0.5, 0.6) is 0 Å². The first-order valence-electron chi connectivity index (χ1n) is 10.7. The van der Waals surface area contributed by atoms with Gasteiger partial charge in [-0.1, -0.05) is 18.2 Å². The number of hydrogen-bond acceptors (Lipinski definition) is 6. The van der Waals surface area contributed by atoms with E-state index in [0.29, 0.717) is 25.1 Å². The lowest BCUT2D eigenvalue weighted by Gasteiger charge is -2.22. The van der Waals surface area contributed by atoms with E-state index in [1.165, 1.54) is 5.56 Å². The van der Waals surface area contributed by atoms with Gasteiger partial charge in [0, 0.05) is 55.2 Å². The summed E-state index contributed by atoms with van der Waals surface area (Å²) in [7, 11) is 0. The molecule has 7 heteroatoms. The minimum Gasteiger partial charge on any atom is -0.331 e. The van der Waals surface area contributed by atoms with Crippen LogP contribution in [-0.2, 0) is 4.79 Å². The van der Waals surface area contributed by atoms with Crippen molar-refractivity contribution in [3.05, 3.63) is 77.9 Å². The molecule has 1 unspecified atom stereocenters. The van der Waals surface area contributed by atoms with Gasteiger partial charge in [0.05, 0.1) is 11.1 Å². The second kappa shape index (κ2) is 11.0. The number of fused-ring (bicyclic) bond motifs is 1. The van der Waals surface area contributed by atoms with Crippen LogP contribution in [-0.4, -0.2) is 29.0 Å². The molecule has 0 aliphatic carbocycles. The minimum atomic E-state index is -0.0625. The number of rotatable bonds is 9. The number of allylic oxidation sites excluding steroid dienone is 1. The highest BCUT2D eigenvalue weighted by Crippen LogP contribution is 2.22. The first-order valence-corrected chi connectivity index (χ1v) is 10.7. The second-order valence-electron chi connectivity index (χ2n) is 7.46. The number of carbonyl (C=O) groups is 1. The first-order chi connectivity index (χ1) is 15.5. The summed E-state index contributed by atoms with van der Waals surface area (Å²) in [5.74, 6) is 0.669. The van der Waals surface area contributed by atoms with Gasteiger partial charge < -0.3 is 15.5 Å². The van der Waals surface area contributed by atoms with Crippen LogP contribution in [0.1, 0.15) is 44.4 Å². The van der Waals surface area contributed by atoms with Crippen LogP contribution in [0.4, 0.5) is 5.82 Å². The molecule has 7 nitrogen and oxygen atoms in total. The zero-order valence-corrected chi connectivity index (χ0v) is 18.7. The Labute approximate surface area is 188 Å². The molecule has 1 aromatic carbocycles. The molecule has 0 aliphatic heterocycles. The average Bonchev–Trinajstić information content (AvgIpc) is 2.83. The van der Waals surface area contributed by atoms with Gasteiger partial charge in [-0.2, -0.15) is 5.26 Å². The molecule has 0 bridgehead atoms. The fraction of sp³-hybridized carbons (Fsp3) is 0.280. The van der Waals surface area contributed by atoms with Gasteiger partial charge in [0.1, 0.15) is 11.9 Å². The topological polar surface area (TPSA) is 93.9 Å². The molecule has 3 aromatic rings. The molecule has 3 rings (SSSR count). The SMILES string of the molecule is CCN(/C(C)=C/NC(=O)CCNC(C)c1cccc2ncccc12)c1ccc(C#N)cn1. The maximum atomic E-state index is 12.3. The maximum Gasteiger partial charge on any atom is 0.225 e. The Morgan fingerprint density at radius 3 is 2.78 bits per heavy atom. The molecule has 0 fully saturated rings. The molecule has 1 atom stereocenters. The minimum absolute atomic E-state index is 0.0625. The molecule has 2 aromatic heterocycles.